The van der Waals surface area contributed by atoms with Crippen molar-refractivity contribution in [2.45, 2.75) is 29.9 Å². The van der Waals surface area contributed by atoms with E-state index in [1.54, 1.807) is 12.1 Å². The van der Waals surface area contributed by atoms with Crippen LogP contribution in [-0.2, 0) is 21.3 Å². The molecule has 0 radical (unpaired) electrons. The Balaban J connectivity index is 1.53. The summed E-state index contributed by atoms with van der Waals surface area (Å²) in [7, 11) is -3.65. The van der Waals surface area contributed by atoms with Crippen molar-refractivity contribution in [3.05, 3.63) is 59.9 Å². The van der Waals surface area contributed by atoms with E-state index in [1.165, 1.54) is 16.4 Å². The van der Waals surface area contributed by atoms with Crippen LogP contribution in [-0.4, -0.2) is 59.6 Å². The van der Waals surface area contributed by atoms with Crippen molar-refractivity contribution in [2.75, 3.05) is 19.8 Å². The first-order chi connectivity index (χ1) is 13.4. The zero-order valence-corrected chi connectivity index (χ0v) is 16.0. The minimum atomic E-state index is -3.65. The second-order valence-corrected chi connectivity index (χ2v) is 9.50. The van der Waals surface area contributed by atoms with Gasteiger partial charge in [-0.25, -0.2) is 12.8 Å². The quantitative estimate of drug-likeness (QED) is 0.785. The van der Waals surface area contributed by atoms with E-state index < -0.39 is 33.6 Å². The van der Waals surface area contributed by atoms with Crippen molar-refractivity contribution < 1.29 is 27.8 Å². The lowest BCUT2D eigenvalue weighted by molar-refractivity contribution is -0.0849. The molecular formula is C20H22FNO5S. The van der Waals surface area contributed by atoms with E-state index in [-0.39, 0.29) is 31.9 Å². The number of halogens is 1. The number of ether oxygens (including phenoxy) is 1. The first kappa shape index (κ1) is 19.5. The van der Waals surface area contributed by atoms with E-state index in [0.717, 1.165) is 16.7 Å². The van der Waals surface area contributed by atoms with Gasteiger partial charge in [0.25, 0.3) is 0 Å². The number of hydrogen-bond donors (Lipinski definition) is 2. The first-order valence-corrected chi connectivity index (χ1v) is 10.6. The molecule has 8 heteroatoms. The van der Waals surface area contributed by atoms with Gasteiger partial charge in [-0.1, -0.05) is 36.4 Å². The summed E-state index contributed by atoms with van der Waals surface area (Å²) < 4.78 is 46.0. The van der Waals surface area contributed by atoms with Gasteiger partial charge in [0.2, 0.25) is 10.0 Å². The number of sulfonamides is 1. The maximum Gasteiger partial charge on any atom is 0.220 e. The predicted molar refractivity (Wildman–Crippen MR) is 101 cm³/mol. The zero-order valence-electron chi connectivity index (χ0n) is 15.2. The summed E-state index contributed by atoms with van der Waals surface area (Å²) in [5.41, 5.74) is 1.41. The number of hydrogen-bond acceptors (Lipinski definition) is 5. The molecule has 150 valence electrons. The molecule has 2 fully saturated rings. The second-order valence-electron chi connectivity index (χ2n) is 7.39. The molecule has 2 aliphatic heterocycles. The number of nitrogens with zero attached hydrogens (tertiary/aromatic N) is 1. The molecule has 0 amide bonds. The Morgan fingerprint density at radius 2 is 1.68 bits per heavy atom. The summed E-state index contributed by atoms with van der Waals surface area (Å²) in [6, 6.07) is 13.6. The molecule has 6 nitrogen and oxygen atoms in total. The molecule has 28 heavy (non-hydrogen) atoms. The lowest BCUT2D eigenvalue weighted by atomic mass is 10.00. The molecule has 4 rings (SSSR count). The molecule has 2 aromatic rings. The molecule has 2 aliphatic rings. The average molecular weight is 407 g/mol. The van der Waals surface area contributed by atoms with E-state index in [2.05, 4.69) is 0 Å². The summed E-state index contributed by atoms with van der Waals surface area (Å²) >= 11 is 0. The van der Waals surface area contributed by atoms with Gasteiger partial charge >= 0.3 is 0 Å². The summed E-state index contributed by atoms with van der Waals surface area (Å²) in [6.45, 7) is -0.434. The Morgan fingerprint density at radius 3 is 2.21 bits per heavy atom. The molecule has 0 bridgehead atoms. The fourth-order valence-electron chi connectivity index (χ4n) is 4.11. The molecule has 0 unspecified atom stereocenters. The number of benzene rings is 2. The summed E-state index contributed by atoms with van der Waals surface area (Å²) in [5, 5.41) is 18.3. The SMILES string of the molecule is O=S1(=O)[C@H]2C[C@H](CO)O[C@@]2(CO)CN1Cc1ccc(-c2ccc(F)cc2)cc1. The second kappa shape index (κ2) is 7.20. The van der Waals surface area contributed by atoms with Crippen LogP contribution in [0.15, 0.2) is 48.5 Å². The molecule has 0 aliphatic carbocycles. The maximum atomic E-state index is 13.1. The standard InChI is InChI=1S/C20H22FNO5S/c21-17-7-5-16(6-8-17)15-3-1-14(2-4-15)10-22-12-20(13-24)19(28(22,25)26)9-18(11-23)27-20/h1-8,18-19,23-24H,9-13H2/t18-,19+,20-/m1/s1. The highest BCUT2D eigenvalue weighted by atomic mass is 32.2. The maximum absolute atomic E-state index is 13.1. The lowest BCUT2D eigenvalue weighted by Crippen LogP contribution is -2.43. The highest BCUT2D eigenvalue weighted by molar-refractivity contribution is 7.90. The third-order valence-electron chi connectivity index (χ3n) is 5.59. The summed E-state index contributed by atoms with van der Waals surface area (Å²) in [6.07, 6.45) is -0.386. The van der Waals surface area contributed by atoms with Gasteiger partial charge in [-0.05, 0) is 35.2 Å². The molecule has 2 saturated heterocycles. The fourth-order valence-corrected chi connectivity index (χ4v) is 6.40. The van der Waals surface area contributed by atoms with Crippen molar-refractivity contribution in [3.8, 4) is 11.1 Å². The Bertz CT molecular complexity index is 948. The lowest BCUT2D eigenvalue weighted by Gasteiger charge is -2.25. The minimum Gasteiger partial charge on any atom is -0.394 e. The van der Waals surface area contributed by atoms with Crippen molar-refractivity contribution in [2.24, 2.45) is 0 Å². The molecular weight excluding hydrogens is 385 g/mol. The third kappa shape index (κ3) is 3.25. The van der Waals surface area contributed by atoms with Crippen LogP contribution in [0.2, 0.25) is 0 Å². The van der Waals surface area contributed by atoms with Crippen LogP contribution >= 0.6 is 0 Å². The Labute approximate surface area is 163 Å². The van der Waals surface area contributed by atoms with E-state index in [0.29, 0.717) is 0 Å². The van der Waals surface area contributed by atoms with Crippen LogP contribution in [0.3, 0.4) is 0 Å². The molecule has 0 spiro atoms. The van der Waals surface area contributed by atoms with Gasteiger partial charge in [-0.15, -0.1) is 0 Å². The largest absolute Gasteiger partial charge is 0.394 e. The number of aliphatic hydroxyl groups is 2. The fraction of sp³-hybridized carbons (Fsp3) is 0.400. The van der Waals surface area contributed by atoms with E-state index >= 15 is 0 Å². The highest BCUT2D eigenvalue weighted by Gasteiger charge is 2.62. The van der Waals surface area contributed by atoms with Crippen LogP contribution < -0.4 is 0 Å². The van der Waals surface area contributed by atoms with E-state index in [4.69, 9.17) is 4.74 Å². The van der Waals surface area contributed by atoms with E-state index in [1.807, 2.05) is 24.3 Å². The molecule has 0 saturated carbocycles. The van der Waals surface area contributed by atoms with Crippen molar-refractivity contribution in [1.82, 2.24) is 4.31 Å². The molecule has 2 aromatic carbocycles. The van der Waals surface area contributed by atoms with Crippen LogP contribution in [0, 0.1) is 5.82 Å². The number of fused-ring (bicyclic) bond motifs is 1. The van der Waals surface area contributed by atoms with Crippen LogP contribution in [0.1, 0.15) is 12.0 Å². The monoisotopic (exact) mass is 407 g/mol. The van der Waals surface area contributed by atoms with Crippen molar-refractivity contribution in [3.63, 3.8) is 0 Å². The summed E-state index contributed by atoms with van der Waals surface area (Å²) in [4.78, 5) is 0. The van der Waals surface area contributed by atoms with E-state index in [9.17, 15) is 23.0 Å². The average Bonchev–Trinajstić information content (AvgIpc) is 3.17. The highest BCUT2D eigenvalue weighted by Crippen LogP contribution is 2.43. The number of aliphatic hydroxyl groups excluding tert-OH is 2. The Kier molecular flexibility index (Phi) is 5.01. The normalized spacial score (nSPS) is 29.1. The van der Waals surface area contributed by atoms with Crippen LogP contribution in [0.4, 0.5) is 4.39 Å². The van der Waals surface area contributed by atoms with Crippen molar-refractivity contribution >= 4 is 10.0 Å². The number of rotatable bonds is 5. The smallest absolute Gasteiger partial charge is 0.220 e. The van der Waals surface area contributed by atoms with Crippen LogP contribution in [0.25, 0.3) is 11.1 Å². The first-order valence-electron chi connectivity index (χ1n) is 9.11. The van der Waals surface area contributed by atoms with Gasteiger partial charge in [0.15, 0.2) is 0 Å². The van der Waals surface area contributed by atoms with Gasteiger partial charge in [0.05, 0.1) is 19.3 Å². The Morgan fingerprint density at radius 1 is 1.07 bits per heavy atom. The molecule has 2 heterocycles. The molecule has 2 N–H and O–H groups in total. The zero-order chi connectivity index (χ0) is 19.9. The van der Waals surface area contributed by atoms with Gasteiger partial charge in [0, 0.05) is 13.1 Å². The van der Waals surface area contributed by atoms with Gasteiger partial charge in [0.1, 0.15) is 16.7 Å². The molecule has 3 atom stereocenters. The predicted octanol–water partition coefficient (Wildman–Crippen LogP) is 1.52. The van der Waals surface area contributed by atoms with Gasteiger partial charge in [-0.2, -0.15) is 4.31 Å². The van der Waals surface area contributed by atoms with Gasteiger partial charge in [-0.3, -0.25) is 0 Å². The summed E-state index contributed by atoms with van der Waals surface area (Å²) in [5.74, 6) is -0.298. The Hall–Kier alpha value is -1.84. The van der Waals surface area contributed by atoms with Crippen molar-refractivity contribution in [1.29, 1.82) is 0 Å². The van der Waals surface area contributed by atoms with Crippen LogP contribution in [0.5, 0.6) is 0 Å². The minimum absolute atomic E-state index is 0.0622. The van der Waals surface area contributed by atoms with Gasteiger partial charge < -0.3 is 14.9 Å². The topological polar surface area (TPSA) is 87.1 Å². The third-order valence-corrected chi connectivity index (χ3v) is 7.91. The molecule has 0 aromatic heterocycles.